The van der Waals surface area contributed by atoms with Crippen molar-refractivity contribution in [2.75, 3.05) is 0 Å². The predicted octanol–water partition coefficient (Wildman–Crippen LogP) is 10.5. The van der Waals surface area contributed by atoms with Crippen molar-refractivity contribution in [1.82, 2.24) is 4.98 Å². The van der Waals surface area contributed by atoms with Crippen LogP contribution in [0.25, 0.3) is 22.4 Å². The van der Waals surface area contributed by atoms with Crippen LogP contribution in [-0.4, -0.2) is 21.8 Å². The predicted molar refractivity (Wildman–Crippen MR) is 160 cm³/mol. The average molecular weight is 811 g/mol. The van der Waals surface area contributed by atoms with Crippen molar-refractivity contribution in [2.24, 2.45) is 11.8 Å². The molecule has 247 valence electrons. The van der Waals surface area contributed by atoms with Gasteiger partial charge in [-0.3, -0.25) is 4.79 Å². The van der Waals surface area contributed by atoms with Crippen molar-refractivity contribution in [3.63, 3.8) is 0 Å². The van der Waals surface area contributed by atoms with E-state index in [1.165, 1.54) is 18.3 Å². The molecular formula is C35H38F6IrNO2-. The Labute approximate surface area is 274 Å². The molecular weight excluding hydrogens is 773 g/mol. The van der Waals surface area contributed by atoms with E-state index >= 15 is 0 Å². The zero-order valence-corrected chi connectivity index (χ0v) is 28.5. The van der Waals surface area contributed by atoms with Crippen LogP contribution in [0.2, 0.25) is 0 Å². The third kappa shape index (κ3) is 7.71. The molecule has 10 heteroatoms. The van der Waals surface area contributed by atoms with Gasteiger partial charge in [-0.25, -0.2) is 0 Å². The van der Waals surface area contributed by atoms with Crippen molar-refractivity contribution in [2.45, 2.75) is 85.0 Å². The van der Waals surface area contributed by atoms with Gasteiger partial charge in [0, 0.05) is 55.3 Å². The molecule has 1 aliphatic rings. The van der Waals surface area contributed by atoms with Gasteiger partial charge in [-0.2, -0.15) is 26.3 Å². The van der Waals surface area contributed by atoms with Crippen molar-refractivity contribution >= 4 is 5.78 Å². The van der Waals surface area contributed by atoms with Crippen molar-refractivity contribution in [1.29, 1.82) is 0 Å². The number of rotatable bonds is 9. The summed E-state index contributed by atoms with van der Waals surface area (Å²) in [5, 5.41) is 9.76. The molecule has 1 aliphatic carbocycles. The smallest absolute Gasteiger partial charge is 0.380 e. The van der Waals surface area contributed by atoms with Gasteiger partial charge in [0.05, 0.1) is 5.76 Å². The number of nitrogens with zero attached hydrogens (tertiary/aromatic N) is 1. The molecule has 0 spiro atoms. The fourth-order valence-corrected chi connectivity index (χ4v) is 5.36. The van der Waals surface area contributed by atoms with E-state index in [4.69, 9.17) is 0 Å². The van der Waals surface area contributed by atoms with E-state index in [-0.39, 0.29) is 49.0 Å². The number of aromatic nitrogens is 1. The average Bonchev–Trinajstić information content (AvgIpc) is 3.07. The molecule has 0 aliphatic heterocycles. The number of halogens is 6. The van der Waals surface area contributed by atoms with Gasteiger partial charge >= 0.3 is 17.8 Å². The second kappa shape index (κ2) is 15.1. The first-order valence-electron chi connectivity index (χ1n) is 14.8. The van der Waals surface area contributed by atoms with E-state index in [1.54, 1.807) is 6.07 Å². The number of ketones is 1. The van der Waals surface area contributed by atoms with Gasteiger partial charge in [0.2, 0.25) is 0 Å². The molecule has 1 radical (unpaired) electrons. The van der Waals surface area contributed by atoms with Crippen LogP contribution in [0, 0.1) is 31.7 Å². The Morgan fingerprint density at radius 3 is 1.93 bits per heavy atom. The number of hydrogen-bond donors (Lipinski definition) is 1. The number of fused-ring (bicyclic) bond motifs is 1. The van der Waals surface area contributed by atoms with Crippen molar-refractivity contribution in [3.8, 4) is 22.4 Å². The molecule has 45 heavy (non-hydrogen) atoms. The molecule has 0 unspecified atom stereocenters. The first-order chi connectivity index (χ1) is 20.5. The first kappa shape index (κ1) is 38.2. The molecule has 1 heterocycles. The normalized spacial score (nSPS) is 16.1. The second-order valence-corrected chi connectivity index (χ2v) is 11.2. The summed E-state index contributed by atoms with van der Waals surface area (Å²) in [4.78, 5) is 16.0. The summed E-state index contributed by atoms with van der Waals surface area (Å²) in [5.41, 5.74) is 0.823. The summed E-state index contributed by atoms with van der Waals surface area (Å²) < 4.78 is 83.3. The SMILES string of the molecule is CCC(CC)C(=O)/C=C(\O)C(CC)CC.Cc1[c-]c(-c2cc(-c3ccc4c(c3)C(F)(F)C(F)(F)C4(F)F)ccn2)cc(C)c1.[Ir]. The molecule has 0 saturated heterocycles. The number of aliphatic hydroxyl groups is 1. The molecule has 1 N–H and O–H groups in total. The van der Waals surface area contributed by atoms with Gasteiger partial charge in [-0.1, -0.05) is 59.7 Å². The van der Waals surface area contributed by atoms with E-state index in [0.29, 0.717) is 29.0 Å². The number of aryl methyl sites for hydroxylation is 2. The van der Waals surface area contributed by atoms with Crippen molar-refractivity contribution < 1.29 is 56.3 Å². The Balaban J connectivity index is 0.000000378. The standard InChI is InChI=1S/C22H14F6N.C13H24O2.Ir/c1-12-7-13(2)9-16(8-12)19-11-15(5-6-29-19)14-3-4-17-18(10-14)21(25,26)22(27,28)20(17,23)24;1-5-10(6-2)12(14)9-13(15)11(7-3)8-4;/h3-8,10-11H,1-2H3;9-11,14H,5-8H2,1-4H3;/q-1;;/b;12-9-;. The molecule has 0 atom stereocenters. The summed E-state index contributed by atoms with van der Waals surface area (Å²) in [5.74, 6) is -14.9. The molecule has 4 rings (SSSR count). The monoisotopic (exact) mass is 811 g/mol. The maximum Gasteiger partial charge on any atom is 0.380 e. The second-order valence-electron chi connectivity index (χ2n) is 11.2. The molecule has 3 nitrogen and oxygen atoms in total. The molecule has 0 bridgehead atoms. The topological polar surface area (TPSA) is 50.2 Å². The van der Waals surface area contributed by atoms with Gasteiger partial charge in [-0.05, 0) is 54.6 Å². The fourth-order valence-electron chi connectivity index (χ4n) is 5.36. The molecule has 0 fully saturated rings. The summed E-state index contributed by atoms with van der Waals surface area (Å²) in [7, 11) is 0. The maximum absolute atomic E-state index is 14.1. The Bertz CT molecular complexity index is 1490. The Morgan fingerprint density at radius 2 is 1.38 bits per heavy atom. The van der Waals surface area contributed by atoms with Crippen LogP contribution in [0.5, 0.6) is 0 Å². The maximum atomic E-state index is 14.1. The summed E-state index contributed by atoms with van der Waals surface area (Å²) >= 11 is 0. The number of aliphatic hydroxyl groups excluding tert-OH is 1. The summed E-state index contributed by atoms with van der Waals surface area (Å²) in [6.07, 6.45) is 6.34. The third-order valence-electron chi connectivity index (χ3n) is 8.08. The van der Waals surface area contributed by atoms with E-state index in [0.717, 1.165) is 42.9 Å². The molecule has 1 aromatic heterocycles. The van der Waals surface area contributed by atoms with Crippen LogP contribution >= 0.6 is 0 Å². The number of benzene rings is 2. The van der Waals surface area contributed by atoms with E-state index < -0.39 is 28.9 Å². The van der Waals surface area contributed by atoms with E-state index in [2.05, 4.69) is 11.1 Å². The zero-order valence-electron chi connectivity index (χ0n) is 26.1. The van der Waals surface area contributed by atoms with E-state index in [9.17, 15) is 36.2 Å². The molecule has 0 amide bonds. The Kier molecular flexibility index (Phi) is 12.8. The molecule has 2 aromatic carbocycles. The van der Waals surface area contributed by atoms with E-state index in [1.807, 2.05) is 53.7 Å². The quantitative estimate of drug-likeness (QED) is 0.101. The van der Waals surface area contributed by atoms with Gasteiger partial charge in [-0.15, -0.1) is 34.9 Å². The van der Waals surface area contributed by atoms with Gasteiger partial charge in [0.1, 0.15) is 0 Å². The molecule has 3 aromatic rings. The van der Waals surface area contributed by atoms with Crippen LogP contribution in [0.1, 0.15) is 75.6 Å². The largest absolute Gasteiger partial charge is 0.512 e. The zero-order chi connectivity index (χ0) is 33.0. The van der Waals surface area contributed by atoms with Crippen LogP contribution in [0.4, 0.5) is 26.3 Å². The minimum absolute atomic E-state index is 0. The van der Waals surface area contributed by atoms with Gasteiger partial charge in [0.15, 0.2) is 5.78 Å². The van der Waals surface area contributed by atoms with Gasteiger partial charge in [0.25, 0.3) is 0 Å². The minimum Gasteiger partial charge on any atom is -0.512 e. The van der Waals surface area contributed by atoms with Crippen LogP contribution in [-0.2, 0) is 36.7 Å². The first-order valence-corrected chi connectivity index (χ1v) is 14.8. The molecule has 0 saturated carbocycles. The van der Waals surface area contributed by atoms with Crippen LogP contribution in [0.3, 0.4) is 0 Å². The fraction of sp³-hybridized carbons (Fsp3) is 0.429. The number of pyridine rings is 1. The minimum atomic E-state index is -5.49. The van der Waals surface area contributed by atoms with Crippen LogP contribution in [0.15, 0.2) is 60.5 Å². The number of alkyl halides is 6. The van der Waals surface area contributed by atoms with Crippen molar-refractivity contribution in [3.05, 3.63) is 88.8 Å². The number of hydrogen-bond acceptors (Lipinski definition) is 3. The Morgan fingerprint density at radius 1 is 0.822 bits per heavy atom. The van der Waals surface area contributed by atoms with Gasteiger partial charge < -0.3 is 10.1 Å². The Hall–Kier alpha value is -2.97. The third-order valence-corrected chi connectivity index (χ3v) is 8.08. The number of carbonyl (C=O) groups is 1. The number of carbonyl (C=O) groups excluding carboxylic acids is 1. The number of allylic oxidation sites excluding steroid dienone is 2. The van der Waals surface area contributed by atoms with Crippen LogP contribution < -0.4 is 0 Å². The summed E-state index contributed by atoms with van der Waals surface area (Å²) in [6.45, 7) is 11.8. The summed E-state index contributed by atoms with van der Waals surface area (Å²) in [6, 6.07) is 12.5.